The summed E-state index contributed by atoms with van der Waals surface area (Å²) >= 11 is 0. The minimum Gasteiger partial charge on any atom is -0.494 e. The summed E-state index contributed by atoms with van der Waals surface area (Å²) in [6, 6.07) is 28.0. The topological polar surface area (TPSA) is 87.2 Å². The lowest BCUT2D eigenvalue weighted by molar-refractivity contribution is -0.0146. The van der Waals surface area contributed by atoms with Crippen molar-refractivity contribution < 1.29 is 9.84 Å². The van der Waals surface area contributed by atoms with Gasteiger partial charge in [-0.3, -0.25) is 0 Å². The Morgan fingerprint density at radius 3 is 2.09 bits per heavy atom. The average Bonchev–Trinajstić information content (AvgIpc) is 3.48. The molecule has 7 heteroatoms. The molecule has 1 aliphatic rings. The Morgan fingerprint density at radius 2 is 1.51 bits per heavy atom. The van der Waals surface area contributed by atoms with E-state index in [0.29, 0.717) is 12.4 Å². The van der Waals surface area contributed by atoms with Crippen molar-refractivity contribution in [1.29, 1.82) is 0 Å². The average molecular weight is 470 g/mol. The van der Waals surface area contributed by atoms with E-state index in [9.17, 15) is 5.11 Å². The summed E-state index contributed by atoms with van der Waals surface area (Å²) in [5, 5.41) is 26.1. The van der Waals surface area contributed by atoms with Crippen LogP contribution in [0.3, 0.4) is 0 Å². The van der Waals surface area contributed by atoms with Crippen LogP contribution in [-0.4, -0.2) is 56.9 Å². The summed E-state index contributed by atoms with van der Waals surface area (Å²) in [6.07, 6.45) is 2.87. The van der Waals surface area contributed by atoms with Gasteiger partial charge in [0.2, 0.25) is 5.82 Å². The number of rotatable bonds is 9. The quantitative estimate of drug-likeness (QED) is 0.356. The van der Waals surface area contributed by atoms with Crippen LogP contribution in [0.1, 0.15) is 30.4 Å². The van der Waals surface area contributed by atoms with Crippen LogP contribution in [0.4, 0.5) is 0 Å². The van der Waals surface area contributed by atoms with Crippen LogP contribution in [0.2, 0.25) is 0 Å². The number of hydrogen-bond donors (Lipinski definition) is 2. The molecule has 2 heterocycles. The number of H-pyrrole nitrogens is 1. The third-order valence-corrected chi connectivity index (χ3v) is 6.95. The summed E-state index contributed by atoms with van der Waals surface area (Å²) in [4.78, 5) is 2.48. The number of aromatic amines is 1. The molecule has 0 atom stereocenters. The van der Waals surface area contributed by atoms with Crippen molar-refractivity contribution in [3.05, 3.63) is 96.1 Å². The summed E-state index contributed by atoms with van der Waals surface area (Å²) < 4.78 is 5.93. The Kier molecular flexibility index (Phi) is 7.16. The fourth-order valence-corrected chi connectivity index (χ4v) is 5.06. The number of nitrogens with one attached hydrogen (secondary N) is 1. The molecule has 0 radical (unpaired) electrons. The molecule has 1 fully saturated rings. The molecule has 0 bridgehead atoms. The van der Waals surface area contributed by atoms with Gasteiger partial charge in [0.1, 0.15) is 11.4 Å². The first-order valence-electron chi connectivity index (χ1n) is 12.3. The lowest BCUT2D eigenvalue weighted by atomic mass is 9.72. The predicted octanol–water partition coefficient (Wildman–Crippen LogP) is 4.28. The van der Waals surface area contributed by atoms with Gasteiger partial charge in [0.15, 0.2) is 0 Å². The van der Waals surface area contributed by atoms with E-state index in [1.54, 1.807) is 0 Å². The highest BCUT2D eigenvalue weighted by molar-refractivity contribution is 5.54. The van der Waals surface area contributed by atoms with E-state index in [1.165, 1.54) is 0 Å². The SMILES string of the molecule is OC(c1ccccc1)(c1ccccc1)C1CCN(CCCOc2ccc(-c3nn[nH]n3)cc2)CC1. The lowest BCUT2D eigenvalue weighted by Gasteiger charge is -2.42. The molecular formula is C28H31N5O2. The van der Waals surface area contributed by atoms with Crippen molar-refractivity contribution in [2.75, 3.05) is 26.2 Å². The summed E-state index contributed by atoms with van der Waals surface area (Å²) in [5.74, 6) is 1.59. The maximum atomic E-state index is 12.0. The van der Waals surface area contributed by atoms with E-state index < -0.39 is 5.60 Å². The van der Waals surface area contributed by atoms with Crippen molar-refractivity contribution in [2.24, 2.45) is 5.92 Å². The number of benzene rings is 3. The predicted molar refractivity (Wildman–Crippen MR) is 135 cm³/mol. The van der Waals surface area contributed by atoms with Crippen molar-refractivity contribution in [3.8, 4) is 17.1 Å². The molecule has 1 saturated heterocycles. The number of piperidine rings is 1. The molecule has 0 saturated carbocycles. The van der Waals surface area contributed by atoms with Crippen LogP contribution in [0, 0.1) is 5.92 Å². The second kappa shape index (κ2) is 10.8. The maximum absolute atomic E-state index is 12.0. The van der Waals surface area contributed by atoms with E-state index in [-0.39, 0.29) is 5.92 Å². The van der Waals surface area contributed by atoms with Gasteiger partial charge in [0, 0.05) is 12.1 Å². The fourth-order valence-electron chi connectivity index (χ4n) is 5.06. The molecule has 35 heavy (non-hydrogen) atoms. The molecule has 1 aliphatic heterocycles. The van der Waals surface area contributed by atoms with Gasteiger partial charge in [-0.25, -0.2) is 0 Å². The van der Waals surface area contributed by atoms with Gasteiger partial charge in [-0.05, 0) is 78.9 Å². The largest absolute Gasteiger partial charge is 0.494 e. The molecule has 5 rings (SSSR count). The first-order valence-corrected chi connectivity index (χ1v) is 12.3. The zero-order valence-electron chi connectivity index (χ0n) is 19.8. The number of ether oxygens (including phenoxy) is 1. The minimum atomic E-state index is -0.967. The van der Waals surface area contributed by atoms with Crippen LogP contribution in [-0.2, 0) is 5.60 Å². The minimum absolute atomic E-state index is 0.178. The Morgan fingerprint density at radius 1 is 0.886 bits per heavy atom. The normalized spacial score (nSPS) is 15.2. The standard InChI is InChI=1S/C28H31N5O2/c34-28(23-8-3-1-4-9-23,24-10-5-2-6-11-24)25-16-19-33(20-17-25)18-7-21-35-26-14-12-22(13-15-26)27-29-31-32-30-27/h1-6,8-15,25,34H,7,16-21H2,(H,29,30,31,32). The van der Waals surface area contributed by atoms with Gasteiger partial charge in [0.05, 0.1) is 6.61 Å². The molecule has 2 N–H and O–H groups in total. The maximum Gasteiger partial charge on any atom is 0.204 e. The molecule has 4 aromatic rings. The lowest BCUT2D eigenvalue weighted by Crippen LogP contribution is -2.44. The highest BCUT2D eigenvalue weighted by Crippen LogP contribution is 2.41. The monoisotopic (exact) mass is 469 g/mol. The van der Waals surface area contributed by atoms with E-state index in [0.717, 1.165) is 61.3 Å². The van der Waals surface area contributed by atoms with Gasteiger partial charge < -0.3 is 14.7 Å². The first-order chi connectivity index (χ1) is 17.2. The van der Waals surface area contributed by atoms with Crippen molar-refractivity contribution in [2.45, 2.75) is 24.9 Å². The van der Waals surface area contributed by atoms with E-state index >= 15 is 0 Å². The van der Waals surface area contributed by atoms with Crippen LogP contribution in [0.15, 0.2) is 84.9 Å². The van der Waals surface area contributed by atoms with E-state index in [1.807, 2.05) is 84.9 Å². The summed E-state index contributed by atoms with van der Waals surface area (Å²) in [6.45, 7) is 3.61. The molecule has 180 valence electrons. The van der Waals surface area contributed by atoms with Crippen molar-refractivity contribution in [3.63, 3.8) is 0 Å². The molecular weight excluding hydrogens is 438 g/mol. The Bertz CT molecular complexity index is 1120. The Balaban J connectivity index is 1.12. The van der Waals surface area contributed by atoms with Gasteiger partial charge in [-0.2, -0.15) is 5.21 Å². The third-order valence-electron chi connectivity index (χ3n) is 6.95. The number of hydrogen-bond acceptors (Lipinski definition) is 6. The highest BCUT2D eigenvalue weighted by Gasteiger charge is 2.41. The number of nitrogens with zero attached hydrogens (tertiary/aromatic N) is 4. The molecule has 0 spiro atoms. The van der Waals surface area contributed by atoms with Gasteiger partial charge in [-0.1, -0.05) is 60.7 Å². The van der Waals surface area contributed by atoms with Crippen LogP contribution in [0.25, 0.3) is 11.4 Å². The number of aromatic nitrogens is 4. The van der Waals surface area contributed by atoms with Crippen LogP contribution >= 0.6 is 0 Å². The number of tetrazole rings is 1. The van der Waals surface area contributed by atoms with Gasteiger partial charge >= 0.3 is 0 Å². The molecule has 0 aliphatic carbocycles. The molecule has 3 aromatic carbocycles. The van der Waals surface area contributed by atoms with E-state index in [2.05, 4.69) is 25.5 Å². The zero-order valence-corrected chi connectivity index (χ0v) is 19.8. The number of aliphatic hydroxyl groups is 1. The van der Waals surface area contributed by atoms with Crippen molar-refractivity contribution in [1.82, 2.24) is 25.5 Å². The van der Waals surface area contributed by atoms with Gasteiger partial charge in [0.25, 0.3) is 0 Å². The third kappa shape index (κ3) is 5.26. The van der Waals surface area contributed by atoms with Gasteiger partial charge in [-0.15, -0.1) is 10.2 Å². The number of likely N-dealkylation sites (tertiary alicyclic amines) is 1. The summed E-state index contributed by atoms with van der Waals surface area (Å²) in [5.41, 5.74) is 1.89. The van der Waals surface area contributed by atoms with Crippen molar-refractivity contribution >= 4 is 0 Å². The van der Waals surface area contributed by atoms with Crippen LogP contribution in [0.5, 0.6) is 5.75 Å². The Hall–Kier alpha value is -3.55. The fraction of sp³-hybridized carbons (Fsp3) is 0.321. The first kappa shape index (κ1) is 23.2. The second-order valence-corrected chi connectivity index (χ2v) is 9.08. The molecule has 1 aromatic heterocycles. The zero-order chi connectivity index (χ0) is 23.9. The molecule has 0 unspecified atom stereocenters. The summed E-state index contributed by atoms with van der Waals surface area (Å²) in [7, 11) is 0. The second-order valence-electron chi connectivity index (χ2n) is 9.08. The molecule has 0 amide bonds. The molecule has 7 nitrogen and oxygen atoms in total. The van der Waals surface area contributed by atoms with Crippen LogP contribution < -0.4 is 4.74 Å². The van der Waals surface area contributed by atoms with E-state index in [4.69, 9.17) is 4.74 Å². The smallest absolute Gasteiger partial charge is 0.204 e. The Labute approximate surface area is 205 Å². The highest BCUT2D eigenvalue weighted by atomic mass is 16.5.